The van der Waals surface area contributed by atoms with E-state index in [1.807, 2.05) is 13.8 Å². The molecule has 18 heavy (non-hydrogen) atoms. The molecule has 3 nitrogen and oxygen atoms in total. The number of aliphatic hydroxyl groups excluding tert-OH is 1. The van der Waals surface area contributed by atoms with Crippen LogP contribution in [-0.2, 0) is 4.74 Å². The molecular formula is C14H20FNO2. The smallest absolute Gasteiger partial charge is 0.129 e. The van der Waals surface area contributed by atoms with Gasteiger partial charge in [-0.05, 0) is 19.9 Å². The Morgan fingerprint density at radius 3 is 2.56 bits per heavy atom. The van der Waals surface area contributed by atoms with Crippen molar-refractivity contribution in [3.05, 3.63) is 35.6 Å². The zero-order valence-corrected chi connectivity index (χ0v) is 10.8. The molecule has 4 heteroatoms. The SMILES string of the molecule is C[C@@H]1CN(CC(O)c2ccccc2F)C[C@H](C)O1. The van der Waals surface area contributed by atoms with Crippen LogP contribution in [0.5, 0.6) is 0 Å². The summed E-state index contributed by atoms with van der Waals surface area (Å²) in [6.45, 7) is 6.01. The molecule has 0 saturated carbocycles. The first-order chi connectivity index (χ1) is 8.56. The van der Waals surface area contributed by atoms with Crippen LogP contribution in [0.2, 0.25) is 0 Å². The summed E-state index contributed by atoms with van der Waals surface area (Å²) in [7, 11) is 0. The molecule has 1 fully saturated rings. The fourth-order valence-electron chi connectivity index (χ4n) is 2.52. The summed E-state index contributed by atoms with van der Waals surface area (Å²) in [6.07, 6.45) is -0.480. The summed E-state index contributed by atoms with van der Waals surface area (Å²) in [6, 6.07) is 6.38. The highest BCUT2D eigenvalue weighted by molar-refractivity contribution is 5.20. The van der Waals surface area contributed by atoms with Crippen LogP contribution in [0.15, 0.2) is 24.3 Å². The zero-order chi connectivity index (χ0) is 13.1. The van der Waals surface area contributed by atoms with E-state index in [-0.39, 0.29) is 18.0 Å². The second-order valence-corrected chi connectivity index (χ2v) is 5.01. The standard InChI is InChI=1S/C14H20FNO2/c1-10-7-16(8-11(2)18-10)9-14(17)12-5-3-4-6-13(12)15/h3-6,10-11,14,17H,7-9H2,1-2H3/t10-,11+,14?. The van der Waals surface area contributed by atoms with Gasteiger partial charge in [-0.1, -0.05) is 18.2 Å². The Labute approximate surface area is 107 Å². The van der Waals surface area contributed by atoms with Crippen LogP contribution in [0.4, 0.5) is 4.39 Å². The quantitative estimate of drug-likeness (QED) is 0.894. The molecule has 100 valence electrons. The summed E-state index contributed by atoms with van der Waals surface area (Å²) in [4.78, 5) is 2.12. The Morgan fingerprint density at radius 2 is 1.94 bits per heavy atom. The Morgan fingerprint density at radius 1 is 1.33 bits per heavy atom. The highest BCUT2D eigenvalue weighted by Crippen LogP contribution is 2.20. The van der Waals surface area contributed by atoms with Gasteiger partial charge < -0.3 is 9.84 Å². The molecule has 3 atom stereocenters. The number of hydrogen-bond donors (Lipinski definition) is 1. The second-order valence-electron chi connectivity index (χ2n) is 5.01. The van der Waals surface area contributed by atoms with Gasteiger partial charge in [0.25, 0.3) is 0 Å². The maximum absolute atomic E-state index is 13.5. The van der Waals surface area contributed by atoms with E-state index in [0.29, 0.717) is 12.1 Å². The number of nitrogens with zero attached hydrogens (tertiary/aromatic N) is 1. The van der Waals surface area contributed by atoms with E-state index < -0.39 is 6.10 Å². The fraction of sp³-hybridized carbons (Fsp3) is 0.571. The number of aliphatic hydroxyl groups is 1. The van der Waals surface area contributed by atoms with Crippen molar-refractivity contribution in [2.45, 2.75) is 32.2 Å². The Balaban J connectivity index is 1.99. The highest BCUT2D eigenvalue weighted by atomic mass is 19.1. The van der Waals surface area contributed by atoms with Gasteiger partial charge in [-0.2, -0.15) is 0 Å². The lowest BCUT2D eigenvalue weighted by atomic mass is 10.1. The molecule has 1 aliphatic heterocycles. The predicted molar refractivity (Wildman–Crippen MR) is 67.8 cm³/mol. The van der Waals surface area contributed by atoms with Crippen LogP contribution in [0.3, 0.4) is 0 Å². The lowest BCUT2D eigenvalue weighted by molar-refractivity contribution is -0.0768. The highest BCUT2D eigenvalue weighted by Gasteiger charge is 2.24. The molecule has 2 rings (SSSR count). The van der Waals surface area contributed by atoms with Gasteiger partial charge in [0, 0.05) is 25.2 Å². The third-order valence-electron chi connectivity index (χ3n) is 3.19. The van der Waals surface area contributed by atoms with Gasteiger partial charge in [0.15, 0.2) is 0 Å². The lowest BCUT2D eigenvalue weighted by Crippen LogP contribution is -2.46. The van der Waals surface area contributed by atoms with Gasteiger partial charge in [-0.3, -0.25) is 4.90 Å². The number of hydrogen-bond acceptors (Lipinski definition) is 3. The van der Waals surface area contributed by atoms with E-state index >= 15 is 0 Å². The van der Waals surface area contributed by atoms with Gasteiger partial charge in [-0.15, -0.1) is 0 Å². The van der Waals surface area contributed by atoms with Crippen molar-refractivity contribution in [3.63, 3.8) is 0 Å². The minimum Gasteiger partial charge on any atom is -0.387 e. The van der Waals surface area contributed by atoms with Crippen molar-refractivity contribution in [3.8, 4) is 0 Å². The summed E-state index contributed by atoms with van der Waals surface area (Å²) in [5.41, 5.74) is 0.365. The van der Waals surface area contributed by atoms with E-state index in [1.54, 1.807) is 18.2 Å². The van der Waals surface area contributed by atoms with Gasteiger partial charge >= 0.3 is 0 Å². The molecule has 0 bridgehead atoms. The van der Waals surface area contributed by atoms with Crippen LogP contribution in [0.1, 0.15) is 25.5 Å². The third kappa shape index (κ3) is 3.28. The molecule has 0 aliphatic carbocycles. The summed E-state index contributed by atoms with van der Waals surface area (Å²) >= 11 is 0. The molecule has 1 aliphatic rings. The second kappa shape index (κ2) is 5.78. The molecule has 1 N–H and O–H groups in total. The third-order valence-corrected chi connectivity index (χ3v) is 3.19. The van der Waals surface area contributed by atoms with Crippen LogP contribution in [0.25, 0.3) is 0 Å². The first-order valence-corrected chi connectivity index (χ1v) is 6.36. The number of halogens is 1. The topological polar surface area (TPSA) is 32.7 Å². The first kappa shape index (κ1) is 13.5. The summed E-state index contributed by atoms with van der Waals surface area (Å²) in [5, 5.41) is 10.1. The number of β-amino-alcohol motifs (C(OH)–C–C–N with tert-alkyl or cyclic N) is 1. The predicted octanol–water partition coefficient (Wildman–Crippen LogP) is 1.97. The number of rotatable bonds is 3. The zero-order valence-electron chi connectivity index (χ0n) is 10.8. The van der Waals surface area contributed by atoms with Crippen LogP contribution >= 0.6 is 0 Å². The fourth-order valence-corrected chi connectivity index (χ4v) is 2.52. The van der Waals surface area contributed by atoms with Crippen molar-refractivity contribution in [2.24, 2.45) is 0 Å². The van der Waals surface area contributed by atoms with Gasteiger partial charge in [0.2, 0.25) is 0 Å². The molecule has 0 radical (unpaired) electrons. The van der Waals surface area contributed by atoms with Crippen molar-refractivity contribution in [1.82, 2.24) is 4.90 Å². The monoisotopic (exact) mass is 253 g/mol. The average Bonchev–Trinajstić information content (AvgIpc) is 2.27. The molecule has 1 saturated heterocycles. The van der Waals surface area contributed by atoms with Crippen LogP contribution in [-0.4, -0.2) is 41.8 Å². The van der Waals surface area contributed by atoms with E-state index in [4.69, 9.17) is 4.74 Å². The van der Waals surface area contributed by atoms with Crippen LogP contribution in [0, 0.1) is 5.82 Å². The maximum Gasteiger partial charge on any atom is 0.129 e. The Kier molecular flexibility index (Phi) is 4.32. The maximum atomic E-state index is 13.5. The van der Waals surface area contributed by atoms with E-state index in [9.17, 15) is 9.50 Å². The summed E-state index contributed by atoms with van der Waals surface area (Å²) in [5.74, 6) is -0.348. The molecular weight excluding hydrogens is 233 g/mol. The largest absolute Gasteiger partial charge is 0.387 e. The molecule has 0 aromatic heterocycles. The minimum atomic E-state index is -0.788. The van der Waals surface area contributed by atoms with Crippen molar-refractivity contribution >= 4 is 0 Å². The first-order valence-electron chi connectivity index (χ1n) is 6.36. The molecule has 1 heterocycles. The minimum absolute atomic E-state index is 0.154. The lowest BCUT2D eigenvalue weighted by Gasteiger charge is -2.36. The van der Waals surface area contributed by atoms with Gasteiger partial charge in [0.1, 0.15) is 5.82 Å². The normalized spacial score (nSPS) is 27.1. The van der Waals surface area contributed by atoms with Crippen LogP contribution < -0.4 is 0 Å². The molecule has 1 aromatic rings. The van der Waals surface area contributed by atoms with Crippen molar-refractivity contribution in [2.75, 3.05) is 19.6 Å². The average molecular weight is 253 g/mol. The molecule has 0 spiro atoms. The van der Waals surface area contributed by atoms with Gasteiger partial charge in [-0.25, -0.2) is 4.39 Å². The summed E-state index contributed by atoms with van der Waals surface area (Å²) < 4.78 is 19.2. The number of morpholine rings is 1. The number of ether oxygens (including phenoxy) is 1. The van der Waals surface area contributed by atoms with E-state index in [2.05, 4.69) is 4.90 Å². The Bertz CT molecular complexity index is 389. The molecule has 0 amide bonds. The molecule has 1 aromatic carbocycles. The number of benzene rings is 1. The van der Waals surface area contributed by atoms with E-state index in [0.717, 1.165) is 13.1 Å². The van der Waals surface area contributed by atoms with Crippen molar-refractivity contribution in [1.29, 1.82) is 0 Å². The van der Waals surface area contributed by atoms with E-state index in [1.165, 1.54) is 6.07 Å². The molecule has 1 unspecified atom stereocenters. The van der Waals surface area contributed by atoms with Gasteiger partial charge in [0.05, 0.1) is 18.3 Å². The Hall–Kier alpha value is -0.970. The van der Waals surface area contributed by atoms with Crippen molar-refractivity contribution < 1.29 is 14.2 Å².